The molecule has 0 bridgehead atoms. The summed E-state index contributed by atoms with van der Waals surface area (Å²) in [6.45, 7) is 13.8. The molecule has 0 heterocycles. The molecule has 0 atom stereocenters. The van der Waals surface area contributed by atoms with Crippen LogP contribution in [-0.2, 0) is 68.2 Å². The van der Waals surface area contributed by atoms with Crippen LogP contribution in [0, 0.1) is 26.2 Å². The summed E-state index contributed by atoms with van der Waals surface area (Å²) in [7, 11) is 0. The molecule has 0 saturated carbocycles. The molecular formula is C49H57N5O18. The Balaban J connectivity index is 1.74. The van der Waals surface area contributed by atoms with E-state index in [1.54, 1.807) is 82.3 Å². The van der Waals surface area contributed by atoms with Crippen molar-refractivity contribution in [1.82, 2.24) is 0 Å². The van der Waals surface area contributed by atoms with Gasteiger partial charge in [0, 0.05) is 46.7 Å². The first-order chi connectivity index (χ1) is 34.4. The number of ether oxygens (including phenoxy) is 9. The van der Waals surface area contributed by atoms with Crippen LogP contribution in [0.5, 0.6) is 0 Å². The number of anilines is 5. The molecule has 0 radical (unpaired) electrons. The van der Waals surface area contributed by atoms with Gasteiger partial charge in [-0.1, -0.05) is 50.9 Å². The average Bonchev–Trinajstić information content (AvgIpc) is 3.36. The number of hydrogen-bond donors (Lipinski definition) is 5. The van der Waals surface area contributed by atoms with Crippen molar-refractivity contribution in [3.8, 4) is 0 Å². The van der Waals surface area contributed by atoms with Crippen molar-refractivity contribution < 1.29 is 85.8 Å². The summed E-state index contributed by atoms with van der Waals surface area (Å²) < 4.78 is 46.5. The van der Waals surface area contributed by atoms with Gasteiger partial charge in [-0.05, 0) is 79.8 Å². The first-order valence-electron chi connectivity index (χ1n) is 21.9. The molecule has 3 aromatic rings. The van der Waals surface area contributed by atoms with Gasteiger partial charge in [-0.25, -0.2) is 38.4 Å². The van der Waals surface area contributed by atoms with E-state index in [1.807, 2.05) is 0 Å². The van der Waals surface area contributed by atoms with Crippen LogP contribution in [0.1, 0.15) is 35.6 Å². The van der Waals surface area contributed by atoms with Crippen molar-refractivity contribution >= 4 is 82.8 Å². The molecule has 0 saturated heterocycles. The second-order valence-electron chi connectivity index (χ2n) is 15.0. The van der Waals surface area contributed by atoms with E-state index in [0.717, 1.165) is 18.2 Å². The Morgan fingerprint density at radius 2 is 0.722 bits per heavy atom. The molecule has 3 aromatic carbocycles. The van der Waals surface area contributed by atoms with E-state index in [0.29, 0.717) is 27.9 Å². The minimum atomic E-state index is -1.36. The van der Waals surface area contributed by atoms with Crippen LogP contribution < -0.4 is 26.6 Å². The summed E-state index contributed by atoms with van der Waals surface area (Å²) >= 11 is 0. The zero-order valence-electron chi connectivity index (χ0n) is 40.2. The molecule has 3 rings (SSSR count). The Bertz CT molecular complexity index is 2210. The maximum absolute atomic E-state index is 13.4. The fraction of sp³-hybridized carbons (Fsp3) is 0.327. The summed E-state index contributed by atoms with van der Waals surface area (Å²) in [6, 6.07) is 14.1. The van der Waals surface area contributed by atoms with Crippen molar-refractivity contribution in [2.24, 2.45) is 5.41 Å². The van der Waals surface area contributed by atoms with Gasteiger partial charge in [-0.2, -0.15) is 0 Å². The predicted molar refractivity (Wildman–Crippen MR) is 259 cm³/mol. The number of carbonyl (C=O) groups excluding carboxylic acids is 9. The van der Waals surface area contributed by atoms with Crippen LogP contribution in [0.2, 0.25) is 0 Å². The van der Waals surface area contributed by atoms with Crippen LogP contribution in [0.25, 0.3) is 0 Å². The predicted octanol–water partition coefficient (Wildman–Crippen LogP) is 7.42. The van der Waals surface area contributed by atoms with E-state index in [-0.39, 0.29) is 75.2 Å². The third-order valence-electron chi connectivity index (χ3n) is 10.1. The smallest absolute Gasteiger partial charge is 0.411 e. The number of esters is 4. The van der Waals surface area contributed by atoms with Crippen LogP contribution in [0.3, 0.4) is 0 Å². The van der Waals surface area contributed by atoms with E-state index >= 15 is 0 Å². The Morgan fingerprint density at radius 1 is 0.431 bits per heavy atom. The molecule has 0 aromatic heterocycles. The van der Waals surface area contributed by atoms with Gasteiger partial charge in [-0.3, -0.25) is 31.4 Å². The van der Waals surface area contributed by atoms with Crippen molar-refractivity contribution in [2.75, 3.05) is 86.0 Å². The SMILES string of the molecule is C=CC(=O)OCCOC(=O)Cc1cccc(NC(=O)OCC(CC)(COC(=O)Nc2cccc(NC(=O)OCCOC(=O)C=C)c2C)COC(=O)Nc2cccc(NC(=O)OCCOC(=O)C=C)c2C)c1C. The van der Waals surface area contributed by atoms with Gasteiger partial charge in [0.05, 0.1) is 11.8 Å². The highest BCUT2D eigenvalue weighted by Crippen LogP contribution is 2.29. The van der Waals surface area contributed by atoms with E-state index in [9.17, 15) is 43.2 Å². The molecule has 0 aliphatic carbocycles. The topological polar surface area (TPSA) is 297 Å². The van der Waals surface area contributed by atoms with E-state index < -0.39 is 79.6 Å². The summed E-state index contributed by atoms with van der Waals surface area (Å²) in [6.07, 6.45) is -1.74. The number of benzene rings is 3. The molecule has 0 fully saturated rings. The standard InChI is InChI=1S/C49H57N5O18/c1-8-40(55)64-21-22-67-43(58)27-34-15-12-16-35(31(34)5)50-46(61)70-28-49(11-4,29-71-47(62)53-38-19-13-17-36(32(38)6)51-44(59)68-25-23-65-41(56)9-2)30-72-48(63)54-39-20-14-18-37(33(39)7)52-45(60)69-26-24-66-42(57)10-3/h8-10,12-20H,1-3,11,21-30H2,4-7H3,(H,50,61)(H,51,59)(H,52,60)(H,53,62)(H,54,63). The molecular weight excluding hydrogens is 947 g/mol. The monoisotopic (exact) mass is 1000 g/mol. The molecule has 0 spiro atoms. The third kappa shape index (κ3) is 20.0. The number of hydrogen-bond acceptors (Lipinski definition) is 18. The minimum Gasteiger partial charge on any atom is -0.462 e. The van der Waals surface area contributed by atoms with Gasteiger partial charge in [0.2, 0.25) is 0 Å². The number of rotatable bonds is 26. The van der Waals surface area contributed by atoms with Crippen LogP contribution in [0.4, 0.5) is 52.4 Å². The number of amides is 5. The fourth-order valence-corrected chi connectivity index (χ4v) is 5.87. The molecule has 0 unspecified atom stereocenters. The zero-order valence-corrected chi connectivity index (χ0v) is 40.2. The average molecular weight is 1000 g/mol. The zero-order chi connectivity index (χ0) is 53.1. The lowest BCUT2D eigenvalue weighted by Gasteiger charge is -2.31. The van der Waals surface area contributed by atoms with Gasteiger partial charge in [0.15, 0.2) is 0 Å². The van der Waals surface area contributed by atoms with Crippen LogP contribution in [-0.4, -0.2) is 114 Å². The highest BCUT2D eigenvalue weighted by Gasteiger charge is 2.35. The van der Waals surface area contributed by atoms with Crippen molar-refractivity contribution in [2.45, 2.75) is 40.5 Å². The number of carbonyl (C=O) groups is 9. The maximum atomic E-state index is 13.4. The highest BCUT2D eigenvalue weighted by molar-refractivity contribution is 5.92. The van der Waals surface area contributed by atoms with Gasteiger partial charge >= 0.3 is 54.3 Å². The lowest BCUT2D eigenvalue weighted by Crippen LogP contribution is -2.40. The molecule has 72 heavy (non-hydrogen) atoms. The van der Waals surface area contributed by atoms with Crippen LogP contribution >= 0.6 is 0 Å². The Kier molecular flexibility index (Phi) is 23.8. The second-order valence-corrected chi connectivity index (χ2v) is 15.0. The van der Waals surface area contributed by atoms with Gasteiger partial charge in [-0.15, -0.1) is 0 Å². The molecule has 386 valence electrons. The lowest BCUT2D eigenvalue weighted by molar-refractivity contribution is -0.149. The quantitative estimate of drug-likeness (QED) is 0.0226. The summed E-state index contributed by atoms with van der Waals surface area (Å²) in [5.41, 5.74) is 1.80. The van der Waals surface area contributed by atoms with Crippen molar-refractivity contribution in [3.05, 3.63) is 115 Å². The maximum Gasteiger partial charge on any atom is 0.411 e. The number of nitrogens with one attached hydrogen (secondary N) is 5. The van der Waals surface area contributed by atoms with E-state index in [1.165, 1.54) is 0 Å². The first kappa shape index (κ1) is 57.4. The fourth-order valence-electron chi connectivity index (χ4n) is 5.87. The summed E-state index contributed by atoms with van der Waals surface area (Å²) in [5, 5.41) is 12.9. The van der Waals surface area contributed by atoms with Gasteiger partial charge < -0.3 is 42.6 Å². The highest BCUT2D eigenvalue weighted by atomic mass is 16.6. The Hall–Kier alpha value is -8.89. The Labute approximate surface area is 414 Å². The van der Waals surface area contributed by atoms with Crippen LogP contribution in [0.15, 0.2) is 92.6 Å². The molecule has 5 N–H and O–H groups in total. The Morgan fingerprint density at radius 3 is 1.06 bits per heavy atom. The molecule has 5 amide bonds. The van der Waals surface area contributed by atoms with Crippen molar-refractivity contribution in [3.63, 3.8) is 0 Å². The first-order valence-corrected chi connectivity index (χ1v) is 21.9. The third-order valence-corrected chi connectivity index (χ3v) is 10.1. The summed E-state index contributed by atoms with van der Waals surface area (Å²) in [4.78, 5) is 111. The molecule has 23 heteroatoms. The molecule has 0 aliphatic heterocycles. The largest absolute Gasteiger partial charge is 0.462 e. The van der Waals surface area contributed by atoms with E-state index in [4.69, 9.17) is 42.6 Å². The second kappa shape index (κ2) is 29.9. The minimum absolute atomic E-state index is 0.116. The molecule has 0 aliphatic rings. The lowest BCUT2D eigenvalue weighted by atomic mass is 9.88. The summed E-state index contributed by atoms with van der Waals surface area (Å²) in [5.74, 6) is -2.64. The van der Waals surface area contributed by atoms with Gasteiger partial charge in [0.1, 0.15) is 59.5 Å². The van der Waals surface area contributed by atoms with Crippen molar-refractivity contribution in [1.29, 1.82) is 0 Å². The molecule has 23 nitrogen and oxygen atoms in total. The van der Waals surface area contributed by atoms with E-state index in [2.05, 4.69) is 46.3 Å². The normalized spacial score (nSPS) is 10.4. The van der Waals surface area contributed by atoms with Gasteiger partial charge in [0.25, 0.3) is 0 Å².